The molecule has 2 aromatic carbocycles. The van der Waals surface area contributed by atoms with Gasteiger partial charge in [0.05, 0.1) is 14.2 Å². The average molecular weight is 289 g/mol. The Morgan fingerprint density at radius 1 is 1.24 bits per heavy atom. The molecule has 1 atom stereocenters. The molecule has 21 heavy (non-hydrogen) atoms. The molecule has 0 saturated carbocycles. The van der Waals surface area contributed by atoms with Gasteiger partial charge in [0.2, 0.25) is 0 Å². The zero-order chi connectivity index (χ0) is 15.4. The fourth-order valence-corrected chi connectivity index (χ4v) is 2.41. The van der Waals surface area contributed by atoms with Crippen LogP contribution in [0.15, 0.2) is 30.3 Å². The van der Waals surface area contributed by atoms with E-state index >= 15 is 0 Å². The molecule has 0 amide bonds. The molecule has 0 heterocycles. The van der Waals surface area contributed by atoms with Crippen molar-refractivity contribution in [3.63, 3.8) is 0 Å². The predicted octanol–water partition coefficient (Wildman–Crippen LogP) is 2.72. The number of aliphatic carboxylic acids is 1. The topological polar surface area (TPSA) is 81.8 Å². The summed E-state index contributed by atoms with van der Waals surface area (Å²) in [4.78, 5) is 10.7. The highest BCUT2D eigenvalue weighted by molar-refractivity contribution is 5.89. The van der Waals surface area contributed by atoms with Crippen molar-refractivity contribution in [1.82, 2.24) is 0 Å². The van der Waals surface area contributed by atoms with Gasteiger partial charge in [-0.2, -0.15) is 0 Å². The molecule has 0 bridgehead atoms. The zero-order valence-electron chi connectivity index (χ0n) is 12.1. The lowest BCUT2D eigenvalue weighted by atomic mass is 9.95. The first kappa shape index (κ1) is 15.1. The largest absolute Gasteiger partial charge is 0.497 e. The number of hydrogen-bond acceptors (Lipinski definition) is 4. The van der Waals surface area contributed by atoms with Crippen LogP contribution in [0.3, 0.4) is 0 Å². The third-order valence-corrected chi connectivity index (χ3v) is 3.49. The monoisotopic (exact) mass is 289 g/mol. The fourth-order valence-electron chi connectivity index (χ4n) is 2.41. The summed E-state index contributed by atoms with van der Waals surface area (Å²) in [6.45, 7) is 0. The zero-order valence-corrected chi connectivity index (χ0v) is 12.1. The van der Waals surface area contributed by atoms with Crippen LogP contribution in [0.25, 0.3) is 10.8 Å². The number of carboxylic acid groups (broad SMARTS) is 1. The highest BCUT2D eigenvalue weighted by Crippen LogP contribution is 2.35. The van der Waals surface area contributed by atoms with Gasteiger partial charge in [-0.1, -0.05) is 12.1 Å². The van der Waals surface area contributed by atoms with E-state index in [4.69, 9.17) is 20.3 Å². The van der Waals surface area contributed by atoms with E-state index in [1.165, 1.54) is 0 Å². The van der Waals surface area contributed by atoms with Gasteiger partial charge >= 0.3 is 5.97 Å². The highest BCUT2D eigenvalue weighted by Gasteiger charge is 2.17. The smallest absolute Gasteiger partial charge is 0.303 e. The number of methoxy groups -OCH3 is 2. The molecule has 2 rings (SSSR count). The first-order valence-electron chi connectivity index (χ1n) is 6.69. The van der Waals surface area contributed by atoms with Crippen LogP contribution in [-0.2, 0) is 4.79 Å². The van der Waals surface area contributed by atoms with Crippen molar-refractivity contribution in [2.45, 2.75) is 18.9 Å². The van der Waals surface area contributed by atoms with Crippen LogP contribution in [0.4, 0.5) is 0 Å². The lowest BCUT2D eigenvalue weighted by Crippen LogP contribution is -2.14. The summed E-state index contributed by atoms with van der Waals surface area (Å²) in [5.41, 5.74) is 7.01. The molecule has 0 spiro atoms. The van der Waals surface area contributed by atoms with Crippen molar-refractivity contribution in [3.8, 4) is 11.5 Å². The van der Waals surface area contributed by atoms with Crippen LogP contribution in [0, 0.1) is 0 Å². The maximum atomic E-state index is 10.7. The molecular formula is C16H19NO4. The van der Waals surface area contributed by atoms with Crippen molar-refractivity contribution >= 4 is 16.7 Å². The van der Waals surface area contributed by atoms with E-state index < -0.39 is 12.0 Å². The number of hydrogen-bond donors (Lipinski definition) is 2. The van der Waals surface area contributed by atoms with Gasteiger partial charge < -0.3 is 20.3 Å². The van der Waals surface area contributed by atoms with Crippen LogP contribution in [0.5, 0.6) is 11.5 Å². The first-order valence-corrected chi connectivity index (χ1v) is 6.69. The molecule has 5 nitrogen and oxygen atoms in total. The Balaban J connectivity index is 2.53. The van der Waals surface area contributed by atoms with Crippen molar-refractivity contribution in [2.24, 2.45) is 5.73 Å². The van der Waals surface area contributed by atoms with Crippen molar-refractivity contribution in [3.05, 3.63) is 35.9 Å². The molecule has 1 unspecified atom stereocenters. The Morgan fingerprint density at radius 2 is 1.95 bits per heavy atom. The fraction of sp³-hybridized carbons (Fsp3) is 0.312. The third kappa shape index (κ3) is 3.25. The van der Waals surface area contributed by atoms with Gasteiger partial charge in [0.15, 0.2) is 0 Å². The highest BCUT2D eigenvalue weighted by atomic mass is 16.5. The molecule has 0 aliphatic heterocycles. The van der Waals surface area contributed by atoms with Crippen LogP contribution >= 0.6 is 0 Å². The Morgan fingerprint density at radius 3 is 2.57 bits per heavy atom. The lowest BCUT2D eigenvalue weighted by Gasteiger charge is -2.18. The number of carboxylic acids is 1. The normalized spacial score (nSPS) is 12.1. The Hall–Kier alpha value is -2.27. The number of fused-ring (bicyclic) bond motifs is 1. The number of rotatable bonds is 6. The van der Waals surface area contributed by atoms with E-state index in [-0.39, 0.29) is 6.42 Å². The quantitative estimate of drug-likeness (QED) is 0.854. The summed E-state index contributed by atoms with van der Waals surface area (Å²) in [6.07, 6.45) is 0.368. The molecule has 0 aromatic heterocycles. The molecular weight excluding hydrogens is 270 g/mol. The van der Waals surface area contributed by atoms with Crippen LogP contribution < -0.4 is 15.2 Å². The number of benzene rings is 2. The minimum absolute atomic E-state index is 0.0185. The Labute approximate surface area is 123 Å². The van der Waals surface area contributed by atoms with Crippen molar-refractivity contribution in [2.75, 3.05) is 14.2 Å². The van der Waals surface area contributed by atoms with Gasteiger partial charge in [0.1, 0.15) is 11.5 Å². The van der Waals surface area contributed by atoms with E-state index in [2.05, 4.69) is 0 Å². The molecule has 0 fully saturated rings. The Bertz CT molecular complexity index is 649. The van der Waals surface area contributed by atoms with Gasteiger partial charge in [-0.3, -0.25) is 4.79 Å². The Kier molecular flexibility index (Phi) is 4.65. The summed E-state index contributed by atoms with van der Waals surface area (Å²) >= 11 is 0. The molecule has 0 aliphatic rings. The maximum absolute atomic E-state index is 10.7. The van der Waals surface area contributed by atoms with Crippen LogP contribution in [0.2, 0.25) is 0 Å². The number of nitrogens with two attached hydrogens (primary N) is 1. The summed E-state index contributed by atoms with van der Waals surface area (Å²) < 4.78 is 10.6. The summed E-state index contributed by atoms with van der Waals surface area (Å²) in [5, 5.41) is 10.8. The lowest BCUT2D eigenvalue weighted by molar-refractivity contribution is -0.137. The van der Waals surface area contributed by atoms with E-state index in [1.54, 1.807) is 14.2 Å². The van der Waals surface area contributed by atoms with Crippen molar-refractivity contribution in [1.29, 1.82) is 0 Å². The van der Waals surface area contributed by atoms with Gasteiger partial charge in [-0.15, -0.1) is 0 Å². The summed E-state index contributed by atoms with van der Waals surface area (Å²) in [6, 6.07) is 9.11. The van der Waals surface area contributed by atoms with Crippen LogP contribution in [0.1, 0.15) is 24.4 Å². The van der Waals surface area contributed by atoms with Crippen molar-refractivity contribution < 1.29 is 19.4 Å². The van der Waals surface area contributed by atoms with E-state index in [1.807, 2.05) is 30.3 Å². The second-order valence-electron chi connectivity index (χ2n) is 4.81. The average Bonchev–Trinajstić information content (AvgIpc) is 2.50. The first-order chi connectivity index (χ1) is 10.1. The van der Waals surface area contributed by atoms with Gasteiger partial charge in [0, 0.05) is 18.0 Å². The maximum Gasteiger partial charge on any atom is 0.303 e. The second-order valence-corrected chi connectivity index (χ2v) is 4.81. The number of ether oxygens (including phenoxy) is 2. The minimum Gasteiger partial charge on any atom is -0.497 e. The molecule has 0 radical (unpaired) electrons. The summed E-state index contributed by atoms with van der Waals surface area (Å²) in [7, 11) is 3.18. The SMILES string of the molecule is COc1ccc2ccc(OC)c(C(N)CCC(=O)O)c2c1. The van der Waals surface area contributed by atoms with Gasteiger partial charge in [-0.05, 0) is 35.4 Å². The molecule has 2 aromatic rings. The molecule has 3 N–H and O–H groups in total. The van der Waals surface area contributed by atoms with E-state index in [0.29, 0.717) is 12.2 Å². The molecule has 5 heteroatoms. The van der Waals surface area contributed by atoms with Gasteiger partial charge in [-0.25, -0.2) is 0 Å². The van der Waals surface area contributed by atoms with E-state index in [9.17, 15) is 4.79 Å². The van der Waals surface area contributed by atoms with E-state index in [0.717, 1.165) is 22.1 Å². The third-order valence-electron chi connectivity index (χ3n) is 3.49. The predicted molar refractivity (Wildman–Crippen MR) is 80.9 cm³/mol. The summed E-state index contributed by atoms with van der Waals surface area (Å²) in [5.74, 6) is 0.526. The number of carbonyl (C=O) groups is 1. The second kappa shape index (κ2) is 6.45. The molecule has 0 aliphatic carbocycles. The van der Waals surface area contributed by atoms with Crippen LogP contribution in [-0.4, -0.2) is 25.3 Å². The van der Waals surface area contributed by atoms with Gasteiger partial charge in [0.25, 0.3) is 0 Å². The standard InChI is InChI=1S/C16H19NO4/c1-20-11-5-3-10-4-7-14(21-2)16(12(10)9-11)13(17)6-8-15(18)19/h3-5,7,9,13H,6,8,17H2,1-2H3,(H,18,19). The molecule has 112 valence electrons. The minimum atomic E-state index is -0.859. The molecule has 0 saturated heterocycles.